The van der Waals surface area contributed by atoms with Gasteiger partial charge >= 0.3 is 6.09 Å². The third-order valence-electron chi connectivity index (χ3n) is 8.29. The van der Waals surface area contributed by atoms with Crippen LogP contribution in [-0.4, -0.2) is 52.8 Å². The van der Waals surface area contributed by atoms with Crippen LogP contribution in [0.1, 0.15) is 58.9 Å². The molecule has 2 aromatic carbocycles. The number of aromatic nitrogens is 2. The molecule has 1 fully saturated rings. The van der Waals surface area contributed by atoms with Gasteiger partial charge in [0, 0.05) is 19.2 Å². The lowest BCUT2D eigenvalue weighted by Gasteiger charge is -2.41. The summed E-state index contributed by atoms with van der Waals surface area (Å²) in [5.41, 5.74) is 0.544. The lowest BCUT2D eigenvalue weighted by Crippen LogP contribution is -2.54. The predicted molar refractivity (Wildman–Crippen MR) is 168 cm³/mol. The Morgan fingerprint density at radius 1 is 1.18 bits per heavy atom. The van der Waals surface area contributed by atoms with Crippen molar-refractivity contribution in [3.05, 3.63) is 71.5 Å². The van der Waals surface area contributed by atoms with Gasteiger partial charge in [-0.25, -0.2) is 18.3 Å². The van der Waals surface area contributed by atoms with E-state index in [1.165, 1.54) is 17.0 Å². The number of hydrogen-bond donors (Lipinski definition) is 0. The molecule has 2 aliphatic heterocycles. The molecule has 2 amide bonds. The van der Waals surface area contributed by atoms with E-state index in [-0.39, 0.29) is 18.3 Å². The van der Waals surface area contributed by atoms with Crippen LogP contribution in [0.5, 0.6) is 5.75 Å². The summed E-state index contributed by atoms with van der Waals surface area (Å²) in [6.45, 7) is 9.04. The van der Waals surface area contributed by atoms with Gasteiger partial charge in [-0.15, -0.1) is 0 Å². The first kappa shape index (κ1) is 32.3. The van der Waals surface area contributed by atoms with Crippen LogP contribution in [-0.2, 0) is 22.5 Å². The maximum absolute atomic E-state index is 13.9. The van der Waals surface area contributed by atoms with Crippen molar-refractivity contribution < 1.29 is 28.0 Å². The summed E-state index contributed by atoms with van der Waals surface area (Å²) in [7, 11) is 0. The van der Waals surface area contributed by atoms with Crippen molar-refractivity contribution in [3.63, 3.8) is 0 Å². The van der Waals surface area contributed by atoms with Crippen molar-refractivity contribution in [1.29, 1.82) is 5.26 Å². The molecule has 0 bridgehead atoms. The Hall–Kier alpha value is -4.10. The summed E-state index contributed by atoms with van der Waals surface area (Å²) in [5, 5.41) is 10.5. The van der Waals surface area contributed by atoms with Crippen LogP contribution < -0.4 is 14.2 Å². The molecule has 0 N–H and O–H groups in total. The number of benzene rings is 2. The van der Waals surface area contributed by atoms with Gasteiger partial charge in [0.05, 0.1) is 35.3 Å². The monoisotopic (exact) mass is 636 g/mol. The fraction of sp³-hybridized carbons (Fsp3) is 0.471. The van der Waals surface area contributed by atoms with E-state index in [0.29, 0.717) is 54.5 Å². The third-order valence-corrected chi connectivity index (χ3v) is 8.59. The molecule has 2 aliphatic rings. The van der Waals surface area contributed by atoms with E-state index < -0.39 is 23.2 Å². The average Bonchev–Trinajstić information content (AvgIpc) is 3.48. The molecular weight excluding hydrogens is 597 g/mol. The molecule has 3 aromatic rings. The van der Waals surface area contributed by atoms with Crippen molar-refractivity contribution in [2.24, 2.45) is 5.41 Å². The molecule has 238 valence electrons. The number of amides is 2. The largest absolute Gasteiger partial charge is 0.476 e. The number of carbonyl (C=O) groups excluding carboxylic acids is 2. The van der Waals surface area contributed by atoms with E-state index >= 15 is 0 Å². The van der Waals surface area contributed by atoms with Gasteiger partial charge in [-0.2, -0.15) is 5.26 Å². The van der Waals surface area contributed by atoms with Crippen molar-refractivity contribution in [1.82, 2.24) is 9.47 Å². The van der Waals surface area contributed by atoms with E-state index in [4.69, 9.17) is 21.1 Å². The highest BCUT2D eigenvalue weighted by molar-refractivity contribution is 6.33. The summed E-state index contributed by atoms with van der Waals surface area (Å²) < 4.78 is 29.4. The molecule has 0 aliphatic carbocycles. The molecule has 1 aromatic heterocycles. The van der Waals surface area contributed by atoms with Gasteiger partial charge in [0.25, 0.3) is 5.91 Å². The summed E-state index contributed by atoms with van der Waals surface area (Å²) in [6, 6.07) is 12.1. The van der Waals surface area contributed by atoms with E-state index in [1.807, 2.05) is 23.3 Å². The summed E-state index contributed by atoms with van der Waals surface area (Å²) in [4.78, 5) is 30.4. The highest BCUT2D eigenvalue weighted by Crippen LogP contribution is 2.41. The molecule has 5 rings (SSSR count). The highest BCUT2D eigenvalue weighted by Gasteiger charge is 2.42. The molecule has 1 saturated heterocycles. The maximum Gasteiger partial charge on any atom is 0.415 e. The first-order valence-corrected chi connectivity index (χ1v) is 15.8. The number of nitriles is 1. The van der Waals surface area contributed by atoms with Gasteiger partial charge in [0.15, 0.2) is 11.8 Å². The second-order valence-electron chi connectivity index (χ2n) is 12.9. The number of piperidine rings is 1. The van der Waals surface area contributed by atoms with Crippen LogP contribution in [0, 0.1) is 22.6 Å². The number of carbonyl (C=O) groups is 2. The minimum Gasteiger partial charge on any atom is -0.476 e. The molecule has 3 heterocycles. The lowest BCUT2D eigenvalue weighted by molar-refractivity contribution is -0.696. The van der Waals surface area contributed by atoms with Crippen LogP contribution in [0.3, 0.4) is 0 Å². The molecule has 11 heteroatoms. The van der Waals surface area contributed by atoms with Gasteiger partial charge in [-0.3, -0.25) is 9.69 Å². The molecule has 1 unspecified atom stereocenters. The van der Waals surface area contributed by atoms with Gasteiger partial charge in [0.1, 0.15) is 29.6 Å². The number of fused-ring (bicyclic) bond motifs is 1. The van der Waals surface area contributed by atoms with Gasteiger partial charge in [-0.1, -0.05) is 37.1 Å². The van der Waals surface area contributed by atoms with Crippen LogP contribution in [0.2, 0.25) is 5.02 Å². The molecule has 0 radical (unpaired) electrons. The number of likely N-dealkylation sites (tertiary alicyclic amines) is 1. The smallest absolute Gasteiger partial charge is 0.415 e. The topological polar surface area (TPSA) is 91.7 Å². The summed E-state index contributed by atoms with van der Waals surface area (Å²) in [5.74, 6) is -0.242. The minimum atomic E-state index is -0.982. The zero-order chi connectivity index (χ0) is 32.4. The Kier molecular flexibility index (Phi) is 9.40. The first-order chi connectivity index (χ1) is 21.4. The van der Waals surface area contributed by atoms with E-state index in [2.05, 4.69) is 17.6 Å². The number of unbranched alkanes of at least 4 members (excludes halogenated alkanes) is 1. The Labute approximate surface area is 268 Å². The van der Waals surface area contributed by atoms with Gasteiger partial charge in [-0.05, 0) is 70.2 Å². The Morgan fingerprint density at radius 3 is 2.53 bits per heavy atom. The van der Waals surface area contributed by atoms with Crippen molar-refractivity contribution in [2.45, 2.75) is 78.0 Å². The molecule has 1 atom stereocenters. The molecule has 45 heavy (non-hydrogen) atoms. The molecule has 0 spiro atoms. The number of hydrogen-bond acceptors (Lipinski definition) is 5. The van der Waals surface area contributed by atoms with Gasteiger partial charge in [0.2, 0.25) is 6.33 Å². The number of rotatable bonds is 7. The lowest BCUT2D eigenvalue weighted by atomic mass is 9.75. The number of nitrogens with zero attached hydrogens (tertiary/aromatic N) is 5. The van der Waals surface area contributed by atoms with Crippen LogP contribution >= 0.6 is 11.6 Å². The fourth-order valence-electron chi connectivity index (χ4n) is 5.80. The Morgan fingerprint density at radius 2 is 1.89 bits per heavy atom. The van der Waals surface area contributed by atoms with Crippen LogP contribution in [0.4, 0.5) is 14.9 Å². The Bertz CT molecular complexity index is 1590. The van der Waals surface area contributed by atoms with Crippen molar-refractivity contribution in [2.75, 3.05) is 24.5 Å². The van der Waals surface area contributed by atoms with Gasteiger partial charge < -0.3 is 14.4 Å². The zero-order valence-electron chi connectivity index (χ0n) is 26.3. The van der Waals surface area contributed by atoms with Crippen LogP contribution in [0.15, 0.2) is 55.1 Å². The second-order valence-corrected chi connectivity index (χ2v) is 13.3. The van der Waals surface area contributed by atoms with Crippen LogP contribution in [0.25, 0.3) is 5.69 Å². The quantitative estimate of drug-likeness (QED) is 0.287. The Balaban J connectivity index is 1.38. The number of imidazole rings is 1. The summed E-state index contributed by atoms with van der Waals surface area (Å²) >= 11 is 6.75. The predicted octanol–water partition coefficient (Wildman–Crippen LogP) is 6.23. The van der Waals surface area contributed by atoms with E-state index in [0.717, 1.165) is 24.9 Å². The first-order valence-electron chi connectivity index (χ1n) is 15.4. The number of aryl methyl sites for hydroxylation is 1. The SMILES string of the molecule is CCCC[n+]1ccn(-c2cc3c(cc2Cl)N(C(=O)OC(C)(C)C)CC(C(=O)N2CCC(C#N)(Cc4ccc(F)cc4)CC2)O3)c1. The minimum absolute atomic E-state index is 0.0492. The standard InChI is InChI=1S/C34H40ClFN5O4/c1-5-6-13-38-16-17-40(23-38)27-19-29-28(18-26(27)35)41(32(43)45-33(2,3)4)21-30(44-29)31(42)39-14-11-34(22-37,12-15-39)20-24-7-9-25(36)10-8-24/h7-10,16-19,23,30H,5-6,11-15,20-21H2,1-4H3/q+1. The summed E-state index contributed by atoms with van der Waals surface area (Å²) in [6.07, 6.45) is 7.77. The number of halogens is 2. The molecule has 0 saturated carbocycles. The second kappa shape index (κ2) is 13.1. The number of anilines is 1. The zero-order valence-corrected chi connectivity index (χ0v) is 27.0. The maximum atomic E-state index is 13.9. The van der Waals surface area contributed by atoms with E-state index in [9.17, 15) is 19.2 Å². The third kappa shape index (κ3) is 7.42. The fourth-order valence-corrected chi connectivity index (χ4v) is 6.05. The normalized spacial score (nSPS) is 17.7. The molecule has 9 nitrogen and oxygen atoms in total. The van der Waals surface area contributed by atoms with Crippen molar-refractivity contribution in [3.8, 4) is 17.5 Å². The highest BCUT2D eigenvalue weighted by atomic mass is 35.5. The average molecular weight is 637 g/mol. The number of ether oxygens (including phenoxy) is 2. The van der Waals surface area contributed by atoms with Crippen molar-refractivity contribution >= 4 is 29.3 Å². The van der Waals surface area contributed by atoms with E-state index in [1.54, 1.807) is 49.9 Å². The molecular formula is C34H40ClFN5O4+.